The van der Waals surface area contributed by atoms with Gasteiger partial charge < -0.3 is 15.4 Å². The second-order valence-electron chi connectivity index (χ2n) is 6.03. The Hall–Kier alpha value is -2.78. The molecule has 2 N–H and O–H groups in total. The first-order valence-corrected chi connectivity index (χ1v) is 9.27. The molecule has 1 amide bonds. The van der Waals surface area contributed by atoms with Gasteiger partial charge in [0, 0.05) is 16.1 Å². The second kappa shape index (κ2) is 8.07. The van der Waals surface area contributed by atoms with Crippen molar-refractivity contribution < 1.29 is 14.3 Å². The standard InChI is InChI=1S/C20H20N2O3S/c1-3-13-7-6-8-14(11-13)21-12-17(23)22-19-18(20(24)25-2)15-9-4-5-10-16(15)26-19/h1,6-8,11,21H,4-5,9-10,12H2,2H3,(H,22,23). The van der Waals surface area contributed by atoms with Gasteiger partial charge in [-0.3, -0.25) is 4.79 Å². The van der Waals surface area contributed by atoms with E-state index in [-0.39, 0.29) is 12.5 Å². The minimum atomic E-state index is -0.394. The van der Waals surface area contributed by atoms with E-state index < -0.39 is 5.97 Å². The number of terminal acetylenes is 1. The lowest BCUT2D eigenvalue weighted by Gasteiger charge is -2.12. The molecule has 0 aliphatic heterocycles. The van der Waals surface area contributed by atoms with E-state index in [0.717, 1.165) is 42.5 Å². The van der Waals surface area contributed by atoms with Gasteiger partial charge in [-0.1, -0.05) is 12.0 Å². The highest BCUT2D eigenvalue weighted by atomic mass is 32.1. The summed E-state index contributed by atoms with van der Waals surface area (Å²) >= 11 is 1.47. The Labute approximate surface area is 156 Å². The number of nitrogens with one attached hydrogen (secondary N) is 2. The molecule has 3 rings (SSSR count). The number of carbonyl (C=O) groups excluding carboxylic acids is 2. The number of rotatable bonds is 5. The van der Waals surface area contributed by atoms with Crippen molar-refractivity contribution in [2.45, 2.75) is 25.7 Å². The molecule has 1 aromatic carbocycles. The maximum atomic E-state index is 12.4. The Kier molecular flexibility index (Phi) is 5.59. The SMILES string of the molecule is C#Cc1cccc(NCC(=O)Nc2sc3c(c2C(=O)OC)CCCC3)c1. The van der Waals surface area contributed by atoms with Gasteiger partial charge in [-0.05, 0) is 49.4 Å². The number of hydrogen-bond donors (Lipinski definition) is 2. The predicted octanol–water partition coefficient (Wildman–Crippen LogP) is 3.45. The lowest BCUT2D eigenvalue weighted by molar-refractivity contribution is -0.114. The van der Waals surface area contributed by atoms with Gasteiger partial charge >= 0.3 is 5.97 Å². The molecule has 1 aliphatic rings. The van der Waals surface area contributed by atoms with Gasteiger partial charge in [-0.25, -0.2) is 4.79 Å². The van der Waals surface area contributed by atoms with E-state index in [1.54, 1.807) is 6.07 Å². The van der Waals surface area contributed by atoms with Crippen molar-refractivity contribution in [2.75, 3.05) is 24.3 Å². The number of aryl methyl sites for hydroxylation is 1. The summed E-state index contributed by atoms with van der Waals surface area (Å²) in [6.45, 7) is 0.0806. The van der Waals surface area contributed by atoms with E-state index in [9.17, 15) is 9.59 Å². The lowest BCUT2D eigenvalue weighted by Crippen LogP contribution is -2.22. The molecule has 0 saturated carbocycles. The van der Waals surface area contributed by atoms with Crippen LogP contribution in [0, 0.1) is 12.3 Å². The average molecular weight is 368 g/mol. The molecule has 0 spiro atoms. The number of thiophene rings is 1. The summed E-state index contributed by atoms with van der Waals surface area (Å²) < 4.78 is 4.92. The highest BCUT2D eigenvalue weighted by molar-refractivity contribution is 7.17. The fraction of sp³-hybridized carbons (Fsp3) is 0.300. The third-order valence-electron chi connectivity index (χ3n) is 4.30. The molecule has 6 heteroatoms. The van der Waals surface area contributed by atoms with Crippen LogP contribution in [0.4, 0.5) is 10.7 Å². The summed E-state index contributed by atoms with van der Waals surface area (Å²) in [6, 6.07) is 7.30. The molecule has 1 heterocycles. The number of anilines is 2. The number of esters is 1. The fourth-order valence-corrected chi connectivity index (χ4v) is 4.34. The molecule has 0 saturated heterocycles. The molecule has 1 aliphatic carbocycles. The first kappa shape index (κ1) is 18.0. The van der Waals surface area contributed by atoms with Gasteiger partial charge in [0.15, 0.2) is 0 Å². The number of methoxy groups -OCH3 is 1. The molecular weight excluding hydrogens is 348 g/mol. The molecule has 5 nitrogen and oxygen atoms in total. The summed E-state index contributed by atoms with van der Waals surface area (Å²) in [7, 11) is 1.36. The molecule has 2 aromatic rings. The Morgan fingerprint density at radius 3 is 2.88 bits per heavy atom. The topological polar surface area (TPSA) is 67.4 Å². The van der Waals surface area contributed by atoms with Crippen LogP contribution in [-0.2, 0) is 22.4 Å². The summed E-state index contributed by atoms with van der Waals surface area (Å²) in [4.78, 5) is 25.7. The van der Waals surface area contributed by atoms with Crippen molar-refractivity contribution in [1.29, 1.82) is 0 Å². The molecule has 26 heavy (non-hydrogen) atoms. The minimum absolute atomic E-state index is 0.0806. The van der Waals surface area contributed by atoms with Crippen molar-refractivity contribution in [3.8, 4) is 12.3 Å². The van der Waals surface area contributed by atoms with Gasteiger partial charge in [-0.2, -0.15) is 0 Å². The largest absolute Gasteiger partial charge is 0.465 e. The van der Waals surface area contributed by atoms with Crippen LogP contribution < -0.4 is 10.6 Å². The van der Waals surface area contributed by atoms with E-state index in [4.69, 9.17) is 11.2 Å². The normalized spacial score (nSPS) is 12.6. The summed E-state index contributed by atoms with van der Waals surface area (Å²) in [5.74, 6) is 1.94. The zero-order valence-electron chi connectivity index (χ0n) is 14.6. The zero-order valence-corrected chi connectivity index (χ0v) is 15.4. The molecular formula is C20H20N2O3S. The number of ether oxygens (including phenoxy) is 1. The minimum Gasteiger partial charge on any atom is -0.465 e. The molecule has 1 aromatic heterocycles. The Balaban J connectivity index is 1.72. The number of fused-ring (bicyclic) bond motifs is 1. The molecule has 0 fully saturated rings. The highest BCUT2D eigenvalue weighted by Gasteiger charge is 2.26. The lowest BCUT2D eigenvalue weighted by atomic mass is 9.95. The predicted molar refractivity (Wildman–Crippen MR) is 104 cm³/mol. The van der Waals surface area contributed by atoms with E-state index in [2.05, 4.69) is 16.6 Å². The van der Waals surface area contributed by atoms with Crippen molar-refractivity contribution in [3.05, 3.63) is 45.8 Å². The van der Waals surface area contributed by atoms with Crippen molar-refractivity contribution in [3.63, 3.8) is 0 Å². The van der Waals surface area contributed by atoms with Crippen LogP contribution in [0.2, 0.25) is 0 Å². The summed E-state index contributed by atoms with van der Waals surface area (Å²) in [5, 5.41) is 6.48. The second-order valence-corrected chi connectivity index (χ2v) is 7.14. The molecule has 0 unspecified atom stereocenters. The fourth-order valence-electron chi connectivity index (χ4n) is 3.04. The number of benzene rings is 1. The quantitative estimate of drug-likeness (QED) is 0.627. The van der Waals surface area contributed by atoms with E-state index in [1.807, 2.05) is 18.2 Å². The van der Waals surface area contributed by atoms with Gasteiger partial charge in [0.25, 0.3) is 0 Å². The maximum absolute atomic E-state index is 12.4. The van der Waals surface area contributed by atoms with Crippen LogP contribution >= 0.6 is 11.3 Å². The van der Waals surface area contributed by atoms with Crippen molar-refractivity contribution in [2.24, 2.45) is 0 Å². The monoisotopic (exact) mass is 368 g/mol. The molecule has 0 atom stereocenters. The average Bonchev–Trinajstić information content (AvgIpc) is 3.03. The Bertz CT molecular complexity index is 880. The van der Waals surface area contributed by atoms with Gasteiger partial charge in [-0.15, -0.1) is 17.8 Å². The summed E-state index contributed by atoms with van der Waals surface area (Å²) in [6.07, 6.45) is 9.33. The smallest absolute Gasteiger partial charge is 0.341 e. The van der Waals surface area contributed by atoms with Crippen molar-refractivity contribution in [1.82, 2.24) is 0 Å². The molecule has 134 valence electrons. The molecule has 0 radical (unpaired) electrons. The van der Waals surface area contributed by atoms with Crippen LogP contribution in [0.15, 0.2) is 24.3 Å². The van der Waals surface area contributed by atoms with Crippen LogP contribution in [0.1, 0.15) is 39.2 Å². The van der Waals surface area contributed by atoms with Crippen molar-refractivity contribution >= 4 is 33.9 Å². The van der Waals surface area contributed by atoms with Crippen LogP contribution in [-0.4, -0.2) is 25.5 Å². The van der Waals surface area contributed by atoms with E-state index in [0.29, 0.717) is 10.6 Å². The van der Waals surface area contributed by atoms with E-state index >= 15 is 0 Å². The van der Waals surface area contributed by atoms with Crippen LogP contribution in [0.5, 0.6) is 0 Å². The van der Waals surface area contributed by atoms with Gasteiger partial charge in [0.1, 0.15) is 5.00 Å². The summed E-state index contributed by atoms with van der Waals surface area (Å²) in [5.41, 5.74) is 3.05. The van der Waals surface area contributed by atoms with Crippen LogP contribution in [0.3, 0.4) is 0 Å². The number of hydrogen-bond acceptors (Lipinski definition) is 5. The molecule has 0 bridgehead atoms. The van der Waals surface area contributed by atoms with E-state index in [1.165, 1.54) is 23.3 Å². The van der Waals surface area contributed by atoms with Crippen LogP contribution in [0.25, 0.3) is 0 Å². The zero-order chi connectivity index (χ0) is 18.5. The first-order valence-electron chi connectivity index (χ1n) is 8.45. The number of amides is 1. The number of carbonyl (C=O) groups is 2. The third-order valence-corrected chi connectivity index (χ3v) is 5.50. The first-order chi connectivity index (χ1) is 12.6. The Morgan fingerprint density at radius 2 is 2.12 bits per heavy atom. The third kappa shape index (κ3) is 3.89. The highest BCUT2D eigenvalue weighted by Crippen LogP contribution is 2.38. The van der Waals surface area contributed by atoms with Gasteiger partial charge in [0.05, 0.1) is 19.2 Å². The maximum Gasteiger partial charge on any atom is 0.341 e. The van der Waals surface area contributed by atoms with Gasteiger partial charge in [0.2, 0.25) is 5.91 Å². The Morgan fingerprint density at radius 1 is 1.31 bits per heavy atom.